The van der Waals surface area contributed by atoms with Crippen LogP contribution in [0.3, 0.4) is 0 Å². The summed E-state index contributed by atoms with van der Waals surface area (Å²) in [4.78, 5) is 0. The van der Waals surface area contributed by atoms with E-state index >= 15 is 0 Å². The van der Waals surface area contributed by atoms with Gasteiger partial charge in [0.25, 0.3) is 0 Å². The summed E-state index contributed by atoms with van der Waals surface area (Å²) in [5.41, 5.74) is 4.32. The Morgan fingerprint density at radius 3 is 2.09 bits per heavy atom. The number of rotatable bonds is 5. The first kappa shape index (κ1) is 23.0. The van der Waals surface area contributed by atoms with Crippen molar-refractivity contribution in [2.24, 2.45) is 5.92 Å². The van der Waals surface area contributed by atoms with Crippen molar-refractivity contribution in [1.29, 1.82) is 0 Å². The van der Waals surface area contributed by atoms with E-state index in [2.05, 4.69) is 30.6 Å². The van der Waals surface area contributed by atoms with E-state index in [0.29, 0.717) is 11.5 Å². The van der Waals surface area contributed by atoms with Crippen molar-refractivity contribution in [3.63, 3.8) is 0 Å². The van der Waals surface area contributed by atoms with Crippen LogP contribution in [0.2, 0.25) is 0 Å². The summed E-state index contributed by atoms with van der Waals surface area (Å²) < 4.78 is 29.4. The summed E-state index contributed by atoms with van der Waals surface area (Å²) in [5, 5.41) is 0. The van der Waals surface area contributed by atoms with Crippen LogP contribution in [0.5, 0.6) is 0 Å². The molecule has 0 N–H and O–H groups in total. The molecule has 3 aromatic carbocycles. The zero-order valence-corrected chi connectivity index (χ0v) is 19.2. The second-order valence-electron chi connectivity index (χ2n) is 9.14. The molecule has 0 atom stereocenters. The molecule has 0 heterocycles. The molecule has 33 heavy (non-hydrogen) atoms. The number of hydrogen-bond acceptors (Lipinski definition) is 0. The van der Waals surface area contributed by atoms with E-state index in [-0.39, 0.29) is 5.56 Å². The number of aryl methyl sites for hydroxylation is 1. The highest BCUT2D eigenvalue weighted by Crippen LogP contribution is 2.38. The fraction of sp³-hybridized carbons (Fsp3) is 0.290. The highest BCUT2D eigenvalue weighted by Gasteiger charge is 2.22. The Labute approximate surface area is 196 Å². The van der Waals surface area contributed by atoms with Gasteiger partial charge in [0, 0.05) is 5.56 Å². The van der Waals surface area contributed by atoms with Gasteiger partial charge in [0.2, 0.25) is 0 Å². The molecule has 0 aromatic heterocycles. The van der Waals surface area contributed by atoms with Crippen LogP contribution in [0.15, 0.2) is 73.3 Å². The summed E-state index contributed by atoms with van der Waals surface area (Å²) in [6, 6.07) is 18.5. The number of allylic oxidation sites excluding steroid dienone is 1. The molecule has 1 saturated carbocycles. The van der Waals surface area contributed by atoms with Gasteiger partial charge in [0.05, 0.1) is 5.56 Å². The molecule has 1 aliphatic rings. The van der Waals surface area contributed by atoms with E-state index in [0.717, 1.165) is 29.0 Å². The van der Waals surface area contributed by atoms with Gasteiger partial charge in [-0.15, -0.1) is 6.58 Å². The monoisotopic (exact) mass is 440 g/mol. The average molecular weight is 441 g/mol. The lowest BCUT2D eigenvalue weighted by molar-refractivity contribution is 0.312. The Bertz CT molecular complexity index is 1130. The van der Waals surface area contributed by atoms with E-state index in [4.69, 9.17) is 0 Å². The molecule has 0 saturated heterocycles. The zero-order valence-electron chi connectivity index (χ0n) is 19.2. The van der Waals surface area contributed by atoms with Crippen LogP contribution in [0.4, 0.5) is 8.78 Å². The zero-order chi connectivity index (χ0) is 23.2. The predicted molar refractivity (Wildman–Crippen MR) is 133 cm³/mol. The summed E-state index contributed by atoms with van der Waals surface area (Å²) >= 11 is 0. The van der Waals surface area contributed by atoms with Crippen molar-refractivity contribution in [2.75, 3.05) is 0 Å². The Morgan fingerprint density at radius 1 is 0.848 bits per heavy atom. The van der Waals surface area contributed by atoms with Crippen LogP contribution in [0.1, 0.15) is 66.7 Å². The molecule has 168 valence electrons. The Kier molecular flexibility index (Phi) is 7.40. The normalized spacial score (nSPS) is 17.8. The number of benzene rings is 3. The third-order valence-corrected chi connectivity index (χ3v) is 6.77. The maximum atomic E-state index is 14.7. The highest BCUT2D eigenvalue weighted by atomic mass is 19.1. The Balaban J connectivity index is 1.46. The smallest absolute Gasteiger partial charge is 0.142 e. The van der Waals surface area contributed by atoms with Crippen molar-refractivity contribution in [3.8, 4) is 23.0 Å². The van der Waals surface area contributed by atoms with E-state index in [1.54, 1.807) is 0 Å². The third kappa shape index (κ3) is 5.79. The van der Waals surface area contributed by atoms with E-state index in [1.165, 1.54) is 49.8 Å². The molecule has 1 fully saturated rings. The first-order valence-electron chi connectivity index (χ1n) is 11.8. The molecule has 0 amide bonds. The lowest BCUT2D eigenvalue weighted by Gasteiger charge is -2.28. The van der Waals surface area contributed by atoms with E-state index in [9.17, 15) is 8.78 Å². The van der Waals surface area contributed by atoms with Crippen LogP contribution in [0, 0.1) is 36.3 Å². The molecule has 0 aliphatic heterocycles. The van der Waals surface area contributed by atoms with Crippen molar-refractivity contribution < 1.29 is 8.78 Å². The maximum absolute atomic E-state index is 14.7. The van der Waals surface area contributed by atoms with Gasteiger partial charge in [-0.2, -0.15) is 0 Å². The molecular weight excluding hydrogens is 410 g/mol. The second kappa shape index (κ2) is 10.6. The summed E-state index contributed by atoms with van der Waals surface area (Å²) in [6.45, 7) is 5.81. The lowest BCUT2D eigenvalue weighted by Crippen LogP contribution is -2.13. The van der Waals surface area contributed by atoms with Gasteiger partial charge >= 0.3 is 0 Å². The minimum absolute atomic E-state index is 0.191. The van der Waals surface area contributed by atoms with Gasteiger partial charge in [0.15, 0.2) is 0 Å². The molecule has 0 spiro atoms. The number of hydrogen-bond donors (Lipinski definition) is 0. The summed E-state index contributed by atoms with van der Waals surface area (Å²) in [7, 11) is 0. The molecule has 4 rings (SSSR count). The standard InChI is InChI=1S/C31H30F2/c1-3-4-5-23-10-13-25(14-11-23)26-15-17-27(18-16-26)28-20-30(32)29(31(33)21-28)19-12-24-8-6-22(2)7-9-24/h3,6-9,15-18,20-21,23,25H,1,4-5,10-11,13-14H2,2H3. The summed E-state index contributed by atoms with van der Waals surface area (Å²) in [5.74, 6) is 5.64. The van der Waals surface area contributed by atoms with Crippen molar-refractivity contribution in [1.82, 2.24) is 0 Å². The predicted octanol–water partition coefficient (Wildman–Crippen LogP) is 8.58. The van der Waals surface area contributed by atoms with Gasteiger partial charge in [-0.25, -0.2) is 8.78 Å². The van der Waals surface area contributed by atoms with Gasteiger partial charge in [-0.1, -0.05) is 59.9 Å². The highest BCUT2D eigenvalue weighted by molar-refractivity contribution is 5.65. The first-order chi connectivity index (χ1) is 16.0. The van der Waals surface area contributed by atoms with Gasteiger partial charge in [-0.05, 0) is 98.2 Å². The van der Waals surface area contributed by atoms with Gasteiger partial charge < -0.3 is 0 Å². The summed E-state index contributed by atoms with van der Waals surface area (Å²) in [6.07, 6.45) is 9.31. The Hall–Kier alpha value is -3.18. The van der Waals surface area contributed by atoms with Crippen LogP contribution in [-0.4, -0.2) is 0 Å². The fourth-order valence-corrected chi connectivity index (χ4v) is 4.72. The fourth-order valence-electron chi connectivity index (χ4n) is 4.72. The number of halogens is 2. The SMILES string of the molecule is C=CCCC1CCC(c2ccc(-c3cc(F)c(C#Cc4ccc(C)cc4)c(F)c3)cc2)CC1. The molecule has 1 aliphatic carbocycles. The van der Waals surface area contributed by atoms with E-state index < -0.39 is 11.6 Å². The molecule has 0 nitrogen and oxygen atoms in total. The first-order valence-corrected chi connectivity index (χ1v) is 11.8. The average Bonchev–Trinajstić information content (AvgIpc) is 2.84. The van der Waals surface area contributed by atoms with E-state index in [1.807, 2.05) is 49.4 Å². The molecule has 2 heteroatoms. The van der Waals surface area contributed by atoms with Crippen molar-refractivity contribution >= 4 is 0 Å². The largest absolute Gasteiger partial charge is 0.205 e. The maximum Gasteiger partial charge on any atom is 0.142 e. The van der Waals surface area contributed by atoms with Gasteiger partial charge in [0.1, 0.15) is 11.6 Å². The Morgan fingerprint density at radius 2 is 1.48 bits per heavy atom. The molecule has 0 unspecified atom stereocenters. The van der Waals surface area contributed by atoms with Crippen LogP contribution in [-0.2, 0) is 0 Å². The van der Waals surface area contributed by atoms with Gasteiger partial charge in [-0.3, -0.25) is 0 Å². The van der Waals surface area contributed by atoms with Crippen molar-refractivity contribution in [2.45, 2.75) is 51.4 Å². The minimum atomic E-state index is -0.633. The quantitative estimate of drug-likeness (QED) is 0.275. The lowest BCUT2D eigenvalue weighted by atomic mass is 9.77. The second-order valence-corrected chi connectivity index (χ2v) is 9.14. The van der Waals surface area contributed by atoms with Crippen molar-refractivity contribution in [3.05, 3.63) is 107 Å². The molecule has 3 aromatic rings. The van der Waals surface area contributed by atoms with Crippen LogP contribution < -0.4 is 0 Å². The minimum Gasteiger partial charge on any atom is -0.205 e. The van der Waals surface area contributed by atoms with Crippen LogP contribution in [0.25, 0.3) is 11.1 Å². The van der Waals surface area contributed by atoms with Crippen LogP contribution >= 0.6 is 0 Å². The molecule has 0 radical (unpaired) electrons. The third-order valence-electron chi connectivity index (χ3n) is 6.77. The molecular formula is C31H30F2. The topological polar surface area (TPSA) is 0 Å². The molecule has 0 bridgehead atoms.